The summed E-state index contributed by atoms with van der Waals surface area (Å²) in [5.41, 5.74) is 5.69. The summed E-state index contributed by atoms with van der Waals surface area (Å²) >= 11 is 0. The molecular formula is C12H24N2O2. The lowest BCUT2D eigenvalue weighted by molar-refractivity contribution is -0.124. The summed E-state index contributed by atoms with van der Waals surface area (Å²) in [5.74, 6) is 0.504. The summed E-state index contributed by atoms with van der Waals surface area (Å²) in [6.45, 7) is 8.28. The van der Waals surface area contributed by atoms with E-state index in [1.165, 1.54) is 0 Å². The lowest BCUT2D eigenvalue weighted by atomic mass is 9.87. The molecule has 0 aliphatic carbocycles. The molecule has 1 saturated heterocycles. The fraction of sp³-hybridized carbons (Fsp3) is 0.917. The highest BCUT2D eigenvalue weighted by Gasteiger charge is 2.27. The van der Waals surface area contributed by atoms with Crippen molar-refractivity contribution in [1.82, 2.24) is 5.32 Å². The van der Waals surface area contributed by atoms with Crippen LogP contribution >= 0.6 is 0 Å². The Balaban J connectivity index is 2.29. The Bertz CT molecular complexity index is 230. The van der Waals surface area contributed by atoms with Gasteiger partial charge in [-0.05, 0) is 24.2 Å². The van der Waals surface area contributed by atoms with Crippen LogP contribution < -0.4 is 11.1 Å². The number of ether oxygens (including phenoxy) is 1. The van der Waals surface area contributed by atoms with Gasteiger partial charge in [-0.1, -0.05) is 20.8 Å². The van der Waals surface area contributed by atoms with E-state index in [-0.39, 0.29) is 11.3 Å². The van der Waals surface area contributed by atoms with E-state index in [1.807, 2.05) is 20.8 Å². The van der Waals surface area contributed by atoms with Crippen molar-refractivity contribution in [2.24, 2.45) is 17.1 Å². The molecule has 0 aromatic rings. The van der Waals surface area contributed by atoms with Crippen LogP contribution in [0, 0.1) is 11.3 Å². The van der Waals surface area contributed by atoms with Crippen LogP contribution in [-0.2, 0) is 9.53 Å². The van der Waals surface area contributed by atoms with Crippen LogP contribution in [0.5, 0.6) is 0 Å². The Morgan fingerprint density at radius 1 is 1.44 bits per heavy atom. The summed E-state index contributed by atoms with van der Waals surface area (Å²) in [6, 6.07) is -0.438. The van der Waals surface area contributed by atoms with Gasteiger partial charge in [-0.3, -0.25) is 4.79 Å². The first-order valence-electron chi connectivity index (χ1n) is 6.02. The van der Waals surface area contributed by atoms with Crippen molar-refractivity contribution in [3.8, 4) is 0 Å². The van der Waals surface area contributed by atoms with E-state index < -0.39 is 6.04 Å². The molecule has 1 atom stereocenters. The SMILES string of the molecule is CC(C)(C)[C@@H](N)C(=O)NCC1CCOCC1. The molecule has 1 aliphatic rings. The number of carbonyl (C=O) groups excluding carboxylic acids is 1. The molecule has 1 aliphatic heterocycles. The lowest BCUT2D eigenvalue weighted by Gasteiger charge is -2.27. The molecular weight excluding hydrogens is 204 g/mol. The number of hydrogen-bond donors (Lipinski definition) is 2. The number of rotatable bonds is 3. The predicted molar refractivity (Wildman–Crippen MR) is 64.0 cm³/mol. The second-order valence-electron chi connectivity index (χ2n) is 5.64. The highest BCUT2D eigenvalue weighted by atomic mass is 16.5. The minimum Gasteiger partial charge on any atom is -0.381 e. The Morgan fingerprint density at radius 2 is 2.00 bits per heavy atom. The molecule has 0 aromatic heterocycles. The first-order valence-corrected chi connectivity index (χ1v) is 6.02. The van der Waals surface area contributed by atoms with Crippen LogP contribution in [0.25, 0.3) is 0 Å². The van der Waals surface area contributed by atoms with Crippen LogP contribution in [0.3, 0.4) is 0 Å². The molecule has 1 rings (SSSR count). The maximum Gasteiger partial charge on any atom is 0.237 e. The van der Waals surface area contributed by atoms with Crippen molar-refractivity contribution in [2.45, 2.75) is 39.7 Å². The maximum absolute atomic E-state index is 11.8. The lowest BCUT2D eigenvalue weighted by Crippen LogP contribution is -2.49. The van der Waals surface area contributed by atoms with Crippen LogP contribution in [0.4, 0.5) is 0 Å². The van der Waals surface area contributed by atoms with Crippen molar-refractivity contribution in [3.05, 3.63) is 0 Å². The fourth-order valence-electron chi connectivity index (χ4n) is 1.70. The highest BCUT2D eigenvalue weighted by Crippen LogP contribution is 2.18. The van der Waals surface area contributed by atoms with Gasteiger partial charge in [-0.2, -0.15) is 0 Å². The zero-order valence-electron chi connectivity index (χ0n) is 10.6. The molecule has 0 aromatic carbocycles. The zero-order chi connectivity index (χ0) is 12.2. The van der Waals surface area contributed by atoms with Crippen LogP contribution in [0.15, 0.2) is 0 Å². The minimum absolute atomic E-state index is 0.0426. The van der Waals surface area contributed by atoms with Crippen LogP contribution in [-0.4, -0.2) is 31.7 Å². The van der Waals surface area contributed by atoms with Gasteiger partial charge >= 0.3 is 0 Å². The van der Waals surface area contributed by atoms with Crippen molar-refractivity contribution in [3.63, 3.8) is 0 Å². The molecule has 0 radical (unpaired) electrons. The van der Waals surface area contributed by atoms with Crippen LogP contribution in [0.2, 0.25) is 0 Å². The van der Waals surface area contributed by atoms with Gasteiger partial charge in [0.1, 0.15) is 0 Å². The number of carbonyl (C=O) groups is 1. The molecule has 94 valence electrons. The van der Waals surface area contributed by atoms with Gasteiger partial charge < -0.3 is 15.8 Å². The third kappa shape index (κ3) is 4.10. The maximum atomic E-state index is 11.8. The molecule has 4 nitrogen and oxygen atoms in total. The summed E-state index contributed by atoms with van der Waals surface area (Å²) in [7, 11) is 0. The number of nitrogens with two attached hydrogens (primary N) is 1. The van der Waals surface area contributed by atoms with Crippen molar-refractivity contribution in [2.75, 3.05) is 19.8 Å². The van der Waals surface area contributed by atoms with Crippen LogP contribution in [0.1, 0.15) is 33.6 Å². The first kappa shape index (κ1) is 13.5. The third-order valence-electron chi connectivity index (χ3n) is 3.12. The van der Waals surface area contributed by atoms with E-state index in [4.69, 9.17) is 10.5 Å². The Morgan fingerprint density at radius 3 is 2.50 bits per heavy atom. The minimum atomic E-state index is -0.438. The van der Waals surface area contributed by atoms with E-state index in [0.29, 0.717) is 5.92 Å². The summed E-state index contributed by atoms with van der Waals surface area (Å²) < 4.78 is 5.27. The van der Waals surface area contributed by atoms with E-state index in [1.54, 1.807) is 0 Å². The molecule has 16 heavy (non-hydrogen) atoms. The smallest absolute Gasteiger partial charge is 0.237 e. The van der Waals surface area contributed by atoms with Gasteiger partial charge in [0, 0.05) is 19.8 Å². The van der Waals surface area contributed by atoms with E-state index in [2.05, 4.69) is 5.32 Å². The summed E-state index contributed by atoms with van der Waals surface area (Å²) in [5, 5.41) is 2.94. The molecule has 1 amide bonds. The molecule has 0 bridgehead atoms. The fourth-order valence-corrected chi connectivity index (χ4v) is 1.70. The average molecular weight is 228 g/mol. The molecule has 3 N–H and O–H groups in total. The molecule has 0 saturated carbocycles. The summed E-state index contributed by atoms with van der Waals surface area (Å²) in [6.07, 6.45) is 2.07. The van der Waals surface area contributed by atoms with Gasteiger partial charge in [-0.25, -0.2) is 0 Å². The van der Waals surface area contributed by atoms with Crippen molar-refractivity contribution >= 4 is 5.91 Å². The zero-order valence-corrected chi connectivity index (χ0v) is 10.6. The Labute approximate surface area is 97.9 Å². The molecule has 0 spiro atoms. The normalized spacial score (nSPS) is 20.5. The number of nitrogens with one attached hydrogen (secondary N) is 1. The van der Waals surface area contributed by atoms with E-state index in [9.17, 15) is 4.79 Å². The Kier molecular flexibility index (Phi) is 4.74. The molecule has 4 heteroatoms. The van der Waals surface area contributed by atoms with E-state index in [0.717, 1.165) is 32.6 Å². The first-order chi connectivity index (χ1) is 7.41. The van der Waals surface area contributed by atoms with Gasteiger partial charge in [0.15, 0.2) is 0 Å². The third-order valence-corrected chi connectivity index (χ3v) is 3.12. The topological polar surface area (TPSA) is 64.4 Å². The van der Waals surface area contributed by atoms with Gasteiger partial charge in [0.25, 0.3) is 0 Å². The average Bonchev–Trinajstić information content (AvgIpc) is 2.25. The predicted octanol–water partition coefficient (Wildman–Crippen LogP) is 0.903. The van der Waals surface area contributed by atoms with Crippen molar-refractivity contribution < 1.29 is 9.53 Å². The van der Waals surface area contributed by atoms with Gasteiger partial charge in [0.2, 0.25) is 5.91 Å². The van der Waals surface area contributed by atoms with Crippen molar-refractivity contribution in [1.29, 1.82) is 0 Å². The van der Waals surface area contributed by atoms with Gasteiger partial charge in [0.05, 0.1) is 6.04 Å². The quantitative estimate of drug-likeness (QED) is 0.754. The highest BCUT2D eigenvalue weighted by molar-refractivity contribution is 5.82. The van der Waals surface area contributed by atoms with Gasteiger partial charge in [-0.15, -0.1) is 0 Å². The number of hydrogen-bond acceptors (Lipinski definition) is 3. The molecule has 1 heterocycles. The second kappa shape index (κ2) is 5.64. The second-order valence-corrected chi connectivity index (χ2v) is 5.64. The monoisotopic (exact) mass is 228 g/mol. The standard InChI is InChI=1S/C12H24N2O2/c1-12(2,3)10(13)11(15)14-8-9-4-6-16-7-5-9/h9-10H,4-8,13H2,1-3H3,(H,14,15)/t10-/m0/s1. The largest absolute Gasteiger partial charge is 0.381 e. The molecule has 1 fully saturated rings. The Hall–Kier alpha value is -0.610. The molecule has 0 unspecified atom stereocenters. The van der Waals surface area contributed by atoms with E-state index >= 15 is 0 Å². The summed E-state index contributed by atoms with van der Waals surface area (Å²) in [4.78, 5) is 11.8. The number of amides is 1.